The molecule has 9 heteroatoms. The number of aliphatic hydroxyl groups is 1. The van der Waals surface area contributed by atoms with E-state index in [9.17, 15) is 14.7 Å². The fraction of sp³-hybridized carbons (Fsp3) is 0.200. The second-order valence-corrected chi connectivity index (χ2v) is 10.0. The summed E-state index contributed by atoms with van der Waals surface area (Å²) in [6.07, 6.45) is 6.13. The molecule has 3 aromatic rings. The van der Waals surface area contributed by atoms with Crippen LogP contribution in [-0.4, -0.2) is 57.5 Å². The van der Waals surface area contributed by atoms with Gasteiger partial charge in [0.1, 0.15) is 17.2 Å². The molecule has 0 fully saturated rings. The Morgan fingerprint density at radius 2 is 1.57 bits per heavy atom. The average Bonchev–Trinajstić information content (AvgIpc) is 3.05. The van der Waals surface area contributed by atoms with Gasteiger partial charge in [-0.15, -0.1) is 6.58 Å². The van der Waals surface area contributed by atoms with Crippen molar-refractivity contribution in [1.82, 2.24) is 0 Å². The highest BCUT2D eigenvalue weighted by molar-refractivity contribution is 6.19. The van der Waals surface area contributed by atoms with Gasteiger partial charge in [0, 0.05) is 46.4 Å². The van der Waals surface area contributed by atoms with E-state index in [0.717, 1.165) is 11.1 Å². The second kappa shape index (κ2) is 12.5. The molecule has 2 atom stereocenters. The van der Waals surface area contributed by atoms with Crippen LogP contribution in [0.3, 0.4) is 0 Å². The van der Waals surface area contributed by atoms with Crippen molar-refractivity contribution in [2.45, 2.75) is 11.7 Å². The minimum Gasteiger partial charge on any atom is -0.497 e. The Balaban J connectivity index is 0.000000182. The molecule has 2 aliphatic heterocycles. The van der Waals surface area contributed by atoms with Crippen molar-refractivity contribution < 1.29 is 43.1 Å². The van der Waals surface area contributed by atoms with Crippen molar-refractivity contribution in [1.29, 1.82) is 0 Å². The van der Waals surface area contributed by atoms with Gasteiger partial charge in [-0.3, -0.25) is 9.59 Å². The van der Waals surface area contributed by atoms with Crippen LogP contribution in [-0.2, 0) is 14.3 Å². The van der Waals surface area contributed by atoms with Gasteiger partial charge in [0.15, 0.2) is 29.6 Å². The standard InChI is InChI=1S/C19H18O6.C16H14O3/c1-21-12-5-4-11-6-14-13-8-17(22-2)18(23-3)9-16(13)24-10-19(14,20)25-15(11)7-12;1-3-12(11-7-5-4-6-8-11)13-9-15(18)16(19-2)10-14(13)17/h4-9,20H,10H2,1-3H3;3-10,12H,1H2,2H3. The van der Waals surface area contributed by atoms with Crippen LogP contribution in [0.15, 0.2) is 96.8 Å². The summed E-state index contributed by atoms with van der Waals surface area (Å²) >= 11 is 0. The maximum atomic E-state index is 12.1. The van der Waals surface area contributed by atoms with E-state index in [4.69, 9.17) is 28.4 Å². The lowest BCUT2D eigenvalue weighted by Gasteiger charge is -2.39. The zero-order valence-corrected chi connectivity index (χ0v) is 24.8. The first-order valence-corrected chi connectivity index (χ1v) is 13.7. The summed E-state index contributed by atoms with van der Waals surface area (Å²) in [5.74, 6) is 0.619. The molecule has 3 aliphatic rings. The minimum absolute atomic E-state index is 0.0298. The van der Waals surface area contributed by atoms with E-state index >= 15 is 0 Å². The normalized spacial score (nSPS) is 18.5. The van der Waals surface area contributed by atoms with Gasteiger partial charge in [-0.25, -0.2) is 0 Å². The molecular formula is C35H32O9. The zero-order chi connectivity index (χ0) is 31.4. The molecule has 44 heavy (non-hydrogen) atoms. The molecule has 0 saturated carbocycles. The largest absolute Gasteiger partial charge is 0.497 e. The molecule has 2 unspecified atom stereocenters. The summed E-state index contributed by atoms with van der Waals surface area (Å²) in [4.78, 5) is 23.8. The highest BCUT2D eigenvalue weighted by atomic mass is 16.7. The summed E-state index contributed by atoms with van der Waals surface area (Å²) in [6.45, 7) is 3.73. The predicted octanol–water partition coefficient (Wildman–Crippen LogP) is 5.29. The predicted molar refractivity (Wildman–Crippen MR) is 164 cm³/mol. The number of benzene rings is 3. The third kappa shape index (κ3) is 5.69. The van der Waals surface area contributed by atoms with Gasteiger partial charge in [0.05, 0.1) is 28.4 Å². The number of hydrogen-bond donors (Lipinski definition) is 1. The van der Waals surface area contributed by atoms with Crippen molar-refractivity contribution in [2.75, 3.05) is 35.0 Å². The number of carbonyl (C=O) groups is 2. The molecule has 0 radical (unpaired) electrons. The number of rotatable bonds is 7. The first kappa shape index (κ1) is 30.2. The lowest BCUT2D eigenvalue weighted by molar-refractivity contribution is -0.117. The Morgan fingerprint density at radius 1 is 0.841 bits per heavy atom. The molecule has 0 spiro atoms. The molecule has 1 aliphatic carbocycles. The third-order valence-corrected chi connectivity index (χ3v) is 7.44. The first-order valence-electron chi connectivity index (χ1n) is 13.7. The number of fused-ring (bicyclic) bond motifs is 4. The van der Waals surface area contributed by atoms with Gasteiger partial charge < -0.3 is 33.5 Å². The topological polar surface area (TPSA) is 110 Å². The fourth-order valence-corrected chi connectivity index (χ4v) is 5.18. The van der Waals surface area contributed by atoms with Gasteiger partial charge >= 0.3 is 0 Å². The van der Waals surface area contributed by atoms with Crippen LogP contribution in [0.2, 0.25) is 0 Å². The zero-order valence-electron chi connectivity index (χ0n) is 24.8. The average molecular weight is 597 g/mol. The quantitative estimate of drug-likeness (QED) is 0.287. The SMILES string of the molecule is C=CC(C1=CC(=O)C(OC)=CC1=O)c1ccccc1.COc1ccc2c(c1)OC1(O)COc3cc(OC)c(OC)cc3C1=C2. The van der Waals surface area contributed by atoms with Crippen molar-refractivity contribution in [3.8, 4) is 28.7 Å². The third-order valence-electron chi connectivity index (χ3n) is 7.44. The van der Waals surface area contributed by atoms with E-state index in [-0.39, 0.29) is 29.9 Å². The Bertz CT molecular complexity index is 1700. The number of ketones is 2. The molecule has 2 heterocycles. The van der Waals surface area contributed by atoms with Crippen molar-refractivity contribution in [2.24, 2.45) is 0 Å². The second-order valence-electron chi connectivity index (χ2n) is 10.0. The number of carbonyl (C=O) groups excluding carboxylic acids is 2. The van der Waals surface area contributed by atoms with Gasteiger partial charge in [0.2, 0.25) is 5.78 Å². The molecular weight excluding hydrogens is 564 g/mol. The van der Waals surface area contributed by atoms with E-state index in [1.165, 1.54) is 19.3 Å². The van der Waals surface area contributed by atoms with Crippen LogP contribution in [0.1, 0.15) is 22.6 Å². The Labute approximate surface area is 255 Å². The Kier molecular flexibility index (Phi) is 8.59. The summed E-state index contributed by atoms with van der Waals surface area (Å²) < 4.78 is 32.3. The lowest BCUT2D eigenvalue weighted by atomic mass is 9.85. The van der Waals surface area contributed by atoms with E-state index in [1.54, 1.807) is 45.6 Å². The smallest absolute Gasteiger partial charge is 0.270 e. The number of hydrogen-bond acceptors (Lipinski definition) is 9. The van der Waals surface area contributed by atoms with Gasteiger partial charge in [-0.1, -0.05) is 36.4 Å². The number of ether oxygens (including phenoxy) is 6. The van der Waals surface area contributed by atoms with Gasteiger partial charge in [-0.2, -0.15) is 0 Å². The van der Waals surface area contributed by atoms with Gasteiger partial charge in [0.25, 0.3) is 5.79 Å². The summed E-state index contributed by atoms with van der Waals surface area (Å²) in [5, 5.41) is 11.0. The molecule has 0 bridgehead atoms. The van der Waals surface area contributed by atoms with Crippen LogP contribution in [0.5, 0.6) is 28.7 Å². The van der Waals surface area contributed by atoms with Crippen molar-refractivity contribution in [3.63, 3.8) is 0 Å². The summed E-state index contributed by atoms with van der Waals surface area (Å²) in [5.41, 5.74) is 3.52. The molecule has 226 valence electrons. The first-order chi connectivity index (χ1) is 21.2. The van der Waals surface area contributed by atoms with Crippen LogP contribution in [0, 0.1) is 0 Å². The molecule has 6 rings (SSSR count). The molecule has 0 amide bonds. The molecule has 3 aromatic carbocycles. The number of allylic oxidation sites excluding steroid dienone is 4. The van der Waals surface area contributed by atoms with E-state index in [2.05, 4.69) is 6.58 Å². The van der Waals surface area contributed by atoms with Crippen molar-refractivity contribution in [3.05, 3.63) is 113 Å². The van der Waals surface area contributed by atoms with Crippen LogP contribution in [0.4, 0.5) is 0 Å². The van der Waals surface area contributed by atoms with Crippen molar-refractivity contribution >= 4 is 23.2 Å². The molecule has 0 aromatic heterocycles. The minimum atomic E-state index is -1.58. The summed E-state index contributed by atoms with van der Waals surface area (Å²) in [6, 6.07) is 18.5. The molecule has 0 saturated heterocycles. The van der Waals surface area contributed by atoms with E-state index < -0.39 is 5.79 Å². The Hall–Kier alpha value is -5.28. The van der Waals surface area contributed by atoms with Crippen LogP contribution >= 0.6 is 0 Å². The molecule has 9 nitrogen and oxygen atoms in total. The monoisotopic (exact) mass is 596 g/mol. The van der Waals surface area contributed by atoms with E-state index in [1.807, 2.05) is 48.5 Å². The highest BCUT2D eigenvalue weighted by Crippen LogP contribution is 2.49. The van der Waals surface area contributed by atoms with Crippen LogP contribution < -0.4 is 23.7 Å². The van der Waals surface area contributed by atoms with Gasteiger partial charge in [-0.05, 0) is 35.9 Å². The fourth-order valence-electron chi connectivity index (χ4n) is 5.18. The lowest BCUT2D eigenvalue weighted by Crippen LogP contribution is -2.47. The highest BCUT2D eigenvalue weighted by Gasteiger charge is 2.44. The molecule has 1 N–H and O–H groups in total. The summed E-state index contributed by atoms with van der Waals surface area (Å²) in [7, 11) is 6.09. The maximum absolute atomic E-state index is 12.1. The Morgan fingerprint density at radius 3 is 2.23 bits per heavy atom. The maximum Gasteiger partial charge on any atom is 0.270 e. The number of methoxy groups -OCH3 is 4. The van der Waals surface area contributed by atoms with E-state index in [0.29, 0.717) is 45.5 Å². The van der Waals surface area contributed by atoms with Crippen LogP contribution in [0.25, 0.3) is 11.6 Å².